The van der Waals surface area contributed by atoms with Gasteiger partial charge in [-0.05, 0) is 43.2 Å². The molecule has 1 aliphatic carbocycles. The molecule has 1 atom stereocenters. The number of fused-ring (bicyclic) bond motifs is 1. The van der Waals surface area contributed by atoms with Gasteiger partial charge in [-0.2, -0.15) is 10.2 Å². The Balaban J connectivity index is 1.71. The third kappa shape index (κ3) is 3.01. The fourth-order valence-corrected chi connectivity index (χ4v) is 3.83. The molecule has 4 N–H and O–H groups in total. The zero-order chi connectivity index (χ0) is 19.0. The van der Waals surface area contributed by atoms with E-state index in [1.54, 1.807) is 25.4 Å². The van der Waals surface area contributed by atoms with Gasteiger partial charge in [0.25, 0.3) is 0 Å². The largest absolute Gasteiger partial charge is 0.497 e. The van der Waals surface area contributed by atoms with E-state index in [1.807, 2.05) is 0 Å². The molecule has 0 saturated carbocycles. The van der Waals surface area contributed by atoms with Crippen molar-refractivity contribution >= 4 is 5.69 Å². The van der Waals surface area contributed by atoms with Gasteiger partial charge < -0.3 is 15.2 Å². The lowest BCUT2D eigenvalue weighted by Gasteiger charge is -2.18. The minimum atomic E-state index is -0.329. The minimum Gasteiger partial charge on any atom is -0.497 e. The number of H-pyrrole nitrogens is 2. The van der Waals surface area contributed by atoms with Gasteiger partial charge in [0.05, 0.1) is 26.1 Å². The molecule has 1 aliphatic rings. The number of rotatable bonds is 4. The summed E-state index contributed by atoms with van der Waals surface area (Å²) in [5.41, 5.74) is 10.8. The van der Waals surface area contributed by atoms with Crippen LogP contribution in [0.25, 0.3) is 11.4 Å². The molecule has 7 nitrogen and oxygen atoms in total. The molecular formula is C19H22FN5O2. The number of nitrogens with zero attached hydrogens (tertiary/aromatic N) is 2. The van der Waals surface area contributed by atoms with E-state index in [2.05, 4.69) is 20.4 Å². The third-order valence-electron chi connectivity index (χ3n) is 5.22. The lowest BCUT2D eigenvalue weighted by Crippen LogP contribution is -2.07. The molecule has 0 radical (unpaired) electrons. The van der Waals surface area contributed by atoms with Crippen molar-refractivity contribution in [2.45, 2.75) is 31.6 Å². The molecule has 0 saturated heterocycles. The van der Waals surface area contributed by atoms with Crippen molar-refractivity contribution in [2.24, 2.45) is 0 Å². The van der Waals surface area contributed by atoms with Crippen molar-refractivity contribution < 1.29 is 13.9 Å². The second kappa shape index (κ2) is 6.94. The number of anilines is 1. The molecule has 142 valence electrons. The van der Waals surface area contributed by atoms with Crippen LogP contribution in [-0.2, 0) is 12.8 Å². The number of methoxy groups -OCH3 is 2. The predicted molar refractivity (Wildman–Crippen MR) is 99.5 cm³/mol. The van der Waals surface area contributed by atoms with Crippen molar-refractivity contribution in [3.63, 3.8) is 0 Å². The molecule has 8 heteroatoms. The molecule has 0 bridgehead atoms. The maximum Gasteiger partial charge on any atom is 0.168 e. The van der Waals surface area contributed by atoms with Gasteiger partial charge in [-0.15, -0.1) is 0 Å². The van der Waals surface area contributed by atoms with Crippen molar-refractivity contribution in [1.82, 2.24) is 20.4 Å². The first-order valence-electron chi connectivity index (χ1n) is 8.89. The molecule has 0 fully saturated rings. The van der Waals surface area contributed by atoms with Crippen LogP contribution in [0.15, 0.2) is 18.3 Å². The van der Waals surface area contributed by atoms with Crippen LogP contribution in [0.3, 0.4) is 0 Å². The van der Waals surface area contributed by atoms with Gasteiger partial charge in [0.15, 0.2) is 11.6 Å². The van der Waals surface area contributed by atoms with E-state index >= 15 is 0 Å². The highest BCUT2D eigenvalue weighted by Crippen LogP contribution is 2.39. The molecule has 3 aromatic rings. The predicted octanol–water partition coefficient (Wildman–Crippen LogP) is 3.20. The summed E-state index contributed by atoms with van der Waals surface area (Å²) in [4.78, 5) is 0. The zero-order valence-electron chi connectivity index (χ0n) is 15.3. The maximum absolute atomic E-state index is 14.9. The SMILES string of the molecule is COc1cc(OC)c(F)c(C2CCCc3c(-c4[nH]ncc4N)n[nH]c3C2)c1. The van der Waals surface area contributed by atoms with E-state index < -0.39 is 0 Å². The number of nitrogen functional groups attached to an aromatic ring is 1. The van der Waals surface area contributed by atoms with Crippen LogP contribution in [0.5, 0.6) is 11.5 Å². The zero-order valence-corrected chi connectivity index (χ0v) is 15.3. The Morgan fingerprint density at radius 2 is 2.07 bits per heavy atom. The van der Waals surface area contributed by atoms with E-state index in [-0.39, 0.29) is 17.5 Å². The van der Waals surface area contributed by atoms with Gasteiger partial charge in [-0.25, -0.2) is 4.39 Å². The summed E-state index contributed by atoms with van der Waals surface area (Å²) < 4.78 is 25.4. The van der Waals surface area contributed by atoms with Crippen molar-refractivity contribution in [1.29, 1.82) is 0 Å². The molecule has 0 amide bonds. The van der Waals surface area contributed by atoms with E-state index in [0.717, 1.165) is 41.9 Å². The number of aromatic amines is 2. The van der Waals surface area contributed by atoms with Crippen molar-refractivity contribution in [3.8, 4) is 22.9 Å². The monoisotopic (exact) mass is 371 g/mol. The van der Waals surface area contributed by atoms with Crippen LogP contribution in [-0.4, -0.2) is 34.6 Å². The number of benzene rings is 1. The highest BCUT2D eigenvalue weighted by atomic mass is 19.1. The van der Waals surface area contributed by atoms with Crippen LogP contribution in [0, 0.1) is 5.82 Å². The Morgan fingerprint density at radius 1 is 1.22 bits per heavy atom. The maximum atomic E-state index is 14.9. The lowest BCUT2D eigenvalue weighted by atomic mass is 9.90. The van der Waals surface area contributed by atoms with E-state index in [1.165, 1.54) is 7.11 Å². The molecular weight excluding hydrogens is 349 g/mol. The number of ether oxygens (including phenoxy) is 2. The standard InChI is InChI=1S/C19H22FN5O2/c1-26-11-7-13(17(20)16(8-11)27-2)10-4-3-5-12-15(6-10)23-25-18(12)19-14(21)9-22-24-19/h7-10H,3-6,21H2,1-2H3,(H,22,24)(H,23,25). The number of aromatic nitrogens is 4. The first kappa shape index (κ1) is 17.4. The Kier molecular flexibility index (Phi) is 4.47. The molecule has 1 unspecified atom stereocenters. The molecule has 2 heterocycles. The minimum absolute atomic E-state index is 0.00247. The molecule has 1 aromatic carbocycles. The second-order valence-corrected chi connectivity index (χ2v) is 6.76. The summed E-state index contributed by atoms with van der Waals surface area (Å²) >= 11 is 0. The molecule has 27 heavy (non-hydrogen) atoms. The highest BCUT2D eigenvalue weighted by molar-refractivity contribution is 5.72. The normalized spacial score (nSPS) is 16.6. The summed E-state index contributed by atoms with van der Waals surface area (Å²) in [6.07, 6.45) is 4.85. The Labute approximate surface area is 156 Å². The second-order valence-electron chi connectivity index (χ2n) is 6.76. The van der Waals surface area contributed by atoms with Crippen molar-refractivity contribution in [3.05, 3.63) is 41.0 Å². The summed E-state index contributed by atoms with van der Waals surface area (Å²) in [5.74, 6) is 0.458. The topological polar surface area (TPSA) is 102 Å². The first-order chi connectivity index (χ1) is 13.1. The fraction of sp³-hybridized carbons (Fsp3) is 0.368. The summed E-state index contributed by atoms with van der Waals surface area (Å²) in [6, 6.07) is 3.33. The summed E-state index contributed by atoms with van der Waals surface area (Å²) in [7, 11) is 3.03. The van der Waals surface area contributed by atoms with Gasteiger partial charge in [0, 0.05) is 17.3 Å². The van der Waals surface area contributed by atoms with Gasteiger partial charge in [0.1, 0.15) is 17.1 Å². The van der Waals surface area contributed by atoms with Crippen molar-refractivity contribution in [2.75, 3.05) is 20.0 Å². The molecule has 0 spiro atoms. The van der Waals surface area contributed by atoms with Crippen LogP contribution in [0.1, 0.15) is 35.6 Å². The quantitative estimate of drug-likeness (QED) is 0.611. The number of halogens is 1. The fourth-order valence-electron chi connectivity index (χ4n) is 3.83. The lowest BCUT2D eigenvalue weighted by molar-refractivity contribution is 0.368. The molecule has 2 aromatic heterocycles. The summed E-state index contributed by atoms with van der Waals surface area (Å²) in [5, 5.41) is 14.5. The Morgan fingerprint density at radius 3 is 2.78 bits per heavy atom. The van der Waals surface area contributed by atoms with E-state index in [4.69, 9.17) is 15.2 Å². The average molecular weight is 371 g/mol. The van der Waals surface area contributed by atoms with Crippen LogP contribution in [0.4, 0.5) is 10.1 Å². The van der Waals surface area contributed by atoms with E-state index in [9.17, 15) is 4.39 Å². The van der Waals surface area contributed by atoms with Gasteiger partial charge in [-0.1, -0.05) is 0 Å². The van der Waals surface area contributed by atoms with Crippen LogP contribution in [0.2, 0.25) is 0 Å². The first-order valence-corrected chi connectivity index (χ1v) is 8.89. The Bertz CT molecular complexity index is 965. The smallest absolute Gasteiger partial charge is 0.168 e. The van der Waals surface area contributed by atoms with E-state index in [0.29, 0.717) is 23.4 Å². The highest BCUT2D eigenvalue weighted by Gasteiger charge is 2.27. The van der Waals surface area contributed by atoms with Gasteiger partial charge in [-0.3, -0.25) is 10.2 Å². The van der Waals surface area contributed by atoms with Gasteiger partial charge in [0.2, 0.25) is 0 Å². The number of nitrogens with one attached hydrogen (secondary N) is 2. The number of hydrogen-bond donors (Lipinski definition) is 3. The molecule has 4 rings (SSSR count). The van der Waals surface area contributed by atoms with Gasteiger partial charge >= 0.3 is 0 Å². The average Bonchev–Trinajstić information content (AvgIpc) is 3.20. The van der Waals surface area contributed by atoms with Crippen LogP contribution >= 0.6 is 0 Å². The van der Waals surface area contributed by atoms with Crippen LogP contribution < -0.4 is 15.2 Å². The Hall–Kier alpha value is -3.03. The number of hydrogen-bond acceptors (Lipinski definition) is 5. The molecule has 0 aliphatic heterocycles. The number of nitrogens with two attached hydrogens (primary N) is 1. The third-order valence-corrected chi connectivity index (χ3v) is 5.22. The summed E-state index contributed by atoms with van der Waals surface area (Å²) in [6.45, 7) is 0.